The summed E-state index contributed by atoms with van der Waals surface area (Å²) in [7, 11) is 0. The van der Waals surface area contributed by atoms with Crippen LogP contribution in [0.3, 0.4) is 0 Å². The fourth-order valence-corrected chi connectivity index (χ4v) is 4.49. The van der Waals surface area contributed by atoms with Crippen molar-refractivity contribution < 1.29 is 14.0 Å². The summed E-state index contributed by atoms with van der Waals surface area (Å²) in [5, 5.41) is 2.95. The lowest BCUT2D eigenvalue weighted by atomic mass is 9.95. The van der Waals surface area contributed by atoms with Gasteiger partial charge in [0.05, 0.1) is 5.92 Å². The van der Waals surface area contributed by atoms with Crippen molar-refractivity contribution in [2.75, 3.05) is 19.6 Å². The molecule has 2 aromatic rings. The zero-order valence-corrected chi connectivity index (χ0v) is 16.6. The van der Waals surface area contributed by atoms with Gasteiger partial charge in [-0.25, -0.2) is 4.39 Å². The van der Waals surface area contributed by atoms with E-state index in [1.165, 1.54) is 6.07 Å². The molecular formula is C24H27FN2O2. The topological polar surface area (TPSA) is 49.4 Å². The first-order valence-corrected chi connectivity index (χ1v) is 10.5. The van der Waals surface area contributed by atoms with E-state index in [1.54, 1.807) is 12.1 Å². The molecule has 1 aliphatic carbocycles. The zero-order valence-electron chi connectivity index (χ0n) is 16.6. The van der Waals surface area contributed by atoms with Crippen LogP contribution >= 0.6 is 0 Å². The Balaban J connectivity index is 1.46. The Hall–Kier alpha value is -2.69. The van der Waals surface area contributed by atoms with Crippen LogP contribution in [0.5, 0.6) is 0 Å². The summed E-state index contributed by atoms with van der Waals surface area (Å²) in [6, 6.07) is 14.4. The number of amides is 2. The average Bonchev–Trinajstić information content (AvgIpc) is 3.21. The summed E-state index contributed by atoms with van der Waals surface area (Å²) in [4.78, 5) is 27.3. The Bertz CT molecular complexity index is 875. The predicted octanol–water partition coefficient (Wildman–Crippen LogP) is 3.80. The first-order chi connectivity index (χ1) is 14.1. The highest BCUT2D eigenvalue weighted by atomic mass is 19.1. The van der Waals surface area contributed by atoms with Crippen molar-refractivity contribution in [3.8, 4) is 11.1 Å². The first kappa shape index (κ1) is 19.6. The number of halogens is 1. The molecule has 152 valence electrons. The van der Waals surface area contributed by atoms with E-state index in [0.29, 0.717) is 31.6 Å². The van der Waals surface area contributed by atoms with Gasteiger partial charge >= 0.3 is 0 Å². The zero-order chi connectivity index (χ0) is 20.2. The molecule has 29 heavy (non-hydrogen) atoms. The number of hydrogen-bond donors (Lipinski definition) is 1. The number of carbonyl (C=O) groups is 2. The maximum Gasteiger partial charge on any atom is 0.225 e. The molecular weight excluding hydrogens is 367 g/mol. The lowest BCUT2D eigenvalue weighted by Crippen LogP contribution is -2.40. The van der Waals surface area contributed by atoms with Crippen LogP contribution in [0.15, 0.2) is 48.5 Å². The first-order valence-electron chi connectivity index (χ1n) is 10.5. The van der Waals surface area contributed by atoms with E-state index < -0.39 is 0 Å². The van der Waals surface area contributed by atoms with Crippen LogP contribution in [0.25, 0.3) is 11.1 Å². The molecule has 0 bridgehead atoms. The summed E-state index contributed by atoms with van der Waals surface area (Å²) in [6.45, 7) is 1.57. The second-order valence-electron chi connectivity index (χ2n) is 8.13. The fourth-order valence-electron chi connectivity index (χ4n) is 4.49. The van der Waals surface area contributed by atoms with E-state index >= 15 is 0 Å². The van der Waals surface area contributed by atoms with Crippen molar-refractivity contribution >= 4 is 11.8 Å². The van der Waals surface area contributed by atoms with Crippen molar-refractivity contribution in [1.29, 1.82) is 0 Å². The Morgan fingerprint density at radius 2 is 1.79 bits per heavy atom. The molecule has 2 fully saturated rings. The van der Waals surface area contributed by atoms with E-state index in [-0.39, 0.29) is 29.5 Å². The van der Waals surface area contributed by atoms with E-state index in [9.17, 15) is 14.0 Å². The Labute approximate surface area is 171 Å². The maximum atomic E-state index is 14.0. The quantitative estimate of drug-likeness (QED) is 0.858. The summed E-state index contributed by atoms with van der Waals surface area (Å²) >= 11 is 0. The van der Waals surface area contributed by atoms with Crippen molar-refractivity contribution in [3.05, 3.63) is 59.9 Å². The summed E-state index contributed by atoms with van der Waals surface area (Å²) in [5.41, 5.74) is 2.40. The smallest absolute Gasteiger partial charge is 0.225 e. The molecule has 2 aromatic carbocycles. The highest BCUT2D eigenvalue weighted by Gasteiger charge is 2.32. The highest BCUT2D eigenvalue weighted by molar-refractivity contribution is 5.83. The minimum Gasteiger partial charge on any atom is -0.354 e. The molecule has 0 unspecified atom stereocenters. The van der Waals surface area contributed by atoms with Crippen molar-refractivity contribution in [3.63, 3.8) is 0 Å². The Kier molecular flexibility index (Phi) is 5.93. The van der Waals surface area contributed by atoms with Gasteiger partial charge in [0.15, 0.2) is 0 Å². The van der Waals surface area contributed by atoms with Crippen LogP contribution in [0, 0.1) is 17.7 Å². The number of rotatable bonds is 4. The SMILES string of the molecule is O=C1NCCN(C(=O)C2CCCC2)C[C@@H]1Cc1ccc(-c2ccccc2F)cc1. The van der Waals surface area contributed by atoms with Crippen molar-refractivity contribution in [2.24, 2.45) is 11.8 Å². The Morgan fingerprint density at radius 1 is 1.07 bits per heavy atom. The van der Waals surface area contributed by atoms with Crippen LogP contribution in [0.2, 0.25) is 0 Å². The van der Waals surface area contributed by atoms with Gasteiger partial charge in [0.25, 0.3) is 0 Å². The third-order valence-electron chi connectivity index (χ3n) is 6.13. The number of nitrogens with zero attached hydrogens (tertiary/aromatic N) is 1. The molecule has 2 amide bonds. The molecule has 0 aromatic heterocycles. The maximum absolute atomic E-state index is 14.0. The molecule has 5 heteroatoms. The van der Waals surface area contributed by atoms with E-state index in [1.807, 2.05) is 35.2 Å². The summed E-state index contributed by atoms with van der Waals surface area (Å²) < 4.78 is 14.0. The van der Waals surface area contributed by atoms with Gasteiger partial charge in [0.2, 0.25) is 11.8 Å². The molecule has 1 saturated heterocycles. The molecule has 1 atom stereocenters. The van der Waals surface area contributed by atoms with Gasteiger partial charge < -0.3 is 10.2 Å². The van der Waals surface area contributed by atoms with Gasteiger partial charge in [0, 0.05) is 31.1 Å². The second kappa shape index (κ2) is 8.76. The van der Waals surface area contributed by atoms with Gasteiger partial charge in [-0.15, -0.1) is 0 Å². The van der Waals surface area contributed by atoms with E-state index in [0.717, 1.165) is 36.8 Å². The minimum atomic E-state index is -0.262. The van der Waals surface area contributed by atoms with Crippen LogP contribution in [0.4, 0.5) is 4.39 Å². The van der Waals surface area contributed by atoms with Crippen LogP contribution < -0.4 is 5.32 Å². The van der Waals surface area contributed by atoms with Gasteiger partial charge in [0.1, 0.15) is 5.82 Å². The minimum absolute atomic E-state index is 0.00454. The molecule has 0 radical (unpaired) electrons. The largest absolute Gasteiger partial charge is 0.354 e. The third kappa shape index (κ3) is 4.50. The number of nitrogens with one attached hydrogen (secondary N) is 1. The van der Waals surface area contributed by atoms with Crippen LogP contribution in [0.1, 0.15) is 31.2 Å². The van der Waals surface area contributed by atoms with E-state index in [2.05, 4.69) is 5.32 Å². The summed E-state index contributed by atoms with van der Waals surface area (Å²) in [5.74, 6) is -0.167. The van der Waals surface area contributed by atoms with Gasteiger partial charge in [-0.05, 0) is 36.5 Å². The monoisotopic (exact) mass is 394 g/mol. The van der Waals surface area contributed by atoms with Crippen molar-refractivity contribution in [1.82, 2.24) is 10.2 Å². The predicted molar refractivity (Wildman–Crippen MR) is 111 cm³/mol. The highest BCUT2D eigenvalue weighted by Crippen LogP contribution is 2.28. The van der Waals surface area contributed by atoms with E-state index in [4.69, 9.17) is 0 Å². The molecule has 1 saturated carbocycles. The fraction of sp³-hybridized carbons (Fsp3) is 0.417. The Morgan fingerprint density at radius 3 is 2.52 bits per heavy atom. The number of carbonyl (C=O) groups excluding carboxylic acids is 2. The molecule has 1 N–H and O–H groups in total. The normalized spacial score (nSPS) is 20.4. The average molecular weight is 394 g/mol. The lowest BCUT2D eigenvalue weighted by Gasteiger charge is -2.26. The molecule has 2 aliphatic rings. The van der Waals surface area contributed by atoms with Gasteiger partial charge in [-0.1, -0.05) is 55.3 Å². The van der Waals surface area contributed by atoms with Crippen LogP contribution in [-0.2, 0) is 16.0 Å². The molecule has 1 heterocycles. The molecule has 0 spiro atoms. The van der Waals surface area contributed by atoms with Crippen molar-refractivity contribution in [2.45, 2.75) is 32.1 Å². The van der Waals surface area contributed by atoms with Gasteiger partial charge in [-0.2, -0.15) is 0 Å². The van der Waals surface area contributed by atoms with Crippen LogP contribution in [-0.4, -0.2) is 36.3 Å². The molecule has 4 rings (SSSR count). The third-order valence-corrected chi connectivity index (χ3v) is 6.13. The summed E-state index contributed by atoms with van der Waals surface area (Å²) in [6.07, 6.45) is 4.76. The standard InChI is InChI=1S/C24H27FN2O2/c25-22-8-4-3-7-21(22)18-11-9-17(10-12-18)15-20-16-27(14-13-26-23(20)28)24(29)19-5-1-2-6-19/h3-4,7-12,19-20H,1-2,5-6,13-16H2,(H,26,28)/t20-/m0/s1. The molecule has 1 aliphatic heterocycles. The van der Waals surface area contributed by atoms with Gasteiger partial charge in [-0.3, -0.25) is 9.59 Å². The lowest BCUT2D eigenvalue weighted by molar-refractivity contribution is -0.136. The number of benzene rings is 2. The number of hydrogen-bond acceptors (Lipinski definition) is 2. The molecule has 4 nitrogen and oxygen atoms in total. The second-order valence-corrected chi connectivity index (χ2v) is 8.13.